The Morgan fingerprint density at radius 2 is 1.94 bits per heavy atom. The van der Waals surface area contributed by atoms with Crippen molar-refractivity contribution in [1.82, 2.24) is 14.4 Å². The van der Waals surface area contributed by atoms with Crippen LogP contribution in [-0.2, 0) is 6.42 Å². The molecule has 0 saturated carbocycles. The van der Waals surface area contributed by atoms with Gasteiger partial charge in [0.1, 0.15) is 0 Å². The molecule has 0 unspecified atom stereocenters. The molecule has 0 saturated heterocycles. The second kappa shape index (κ2) is 4.58. The maximum Gasteiger partial charge on any atom is 0.155 e. The smallest absolute Gasteiger partial charge is 0.155 e. The van der Waals surface area contributed by atoms with Crippen LogP contribution in [-0.4, -0.2) is 20.9 Å². The maximum atomic E-state index is 5.55. The summed E-state index contributed by atoms with van der Waals surface area (Å²) in [5.41, 5.74) is 9.89. The van der Waals surface area contributed by atoms with Gasteiger partial charge >= 0.3 is 0 Å². The fourth-order valence-electron chi connectivity index (χ4n) is 2.06. The van der Waals surface area contributed by atoms with Crippen LogP contribution >= 0.6 is 0 Å². The quantitative estimate of drug-likeness (QED) is 0.758. The van der Waals surface area contributed by atoms with Gasteiger partial charge in [-0.15, -0.1) is 0 Å². The Labute approximate surface area is 105 Å². The van der Waals surface area contributed by atoms with E-state index in [2.05, 4.69) is 34.2 Å². The average Bonchev–Trinajstić information content (AvgIpc) is 2.84. The number of hydrogen-bond acceptors (Lipinski definition) is 3. The van der Waals surface area contributed by atoms with E-state index in [-0.39, 0.29) is 0 Å². The standard InChI is InChI=1S/C14H14N4/c15-6-5-11-1-3-12(4-2-11)13-9-17-14-10-16-7-8-18(13)14/h1-4,7-10H,5-6,15H2. The Morgan fingerprint density at radius 3 is 2.72 bits per heavy atom. The molecule has 1 aromatic carbocycles. The minimum absolute atomic E-state index is 0.681. The molecule has 0 aliphatic heterocycles. The van der Waals surface area contributed by atoms with E-state index in [1.54, 1.807) is 12.4 Å². The second-order valence-corrected chi connectivity index (χ2v) is 4.18. The summed E-state index contributed by atoms with van der Waals surface area (Å²) in [6.07, 6.45) is 8.23. The van der Waals surface area contributed by atoms with Crippen LogP contribution in [0.3, 0.4) is 0 Å². The highest BCUT2D eigenvalue weighted by atomic mass is 15.0. The summed E-state index contributed by atoms with van der Waals surface area (Å²) in [7, 11) is 0. The van der Waals surface area contributed by atoms with Crippen molar-refractivity contribution in [3.63, 3.8) is 0 Å². The van der Waals surface area contributed by atoms with Gasteiger partial charge in [-0.2, -0.15) is 0 Å². The van der Waals surface area contributed by atoms with Crippen molar-refractivity contribution in [2.75, 3.05) is 6.54 Å². The molecule has 90 valence electrons. The lowest BCUT2D eigenvalue weighted by molar-refractivity contribution is 0.969. The first-order valence-corrected chi connectivity index (χ1v) is 5.95. The van der Waals surface area contributed by atoms with E-state index >= 15 is 0 Å². The highest BCUT2D eigenvalue weighted by molar-refractivity contribution is 5.63. The van der Waals surface area contributed by atoms with Gasteiger partial charge in [-0.25, -0.2) is 4.98 Å². The summed E-state index contributed by atoms with van der Waals surface area (Å²) in [5.74, 6) is 0. The van der Waals surface area contributed by atoms with Crippen LogP contribution in [0.5, 0.6) is 0 Å². The largest absolute Gasteiger partial charge is 0.330 e. The highest BCUT2D eigenvalue weighted by Crippen LogP contribution is 2.20. The maximum absolute atomic E-state index is 5.55. The summed E-state index contributed by atoms with van der Waals surface area (Å²) in [4.78, 5) is 8.40. The second-order valence-electron chi connectivity index (χ2n) is 4.18. The number of rotatable bonds is 3. The third kappa shape index (κ3) is 1.87. The van der Waals surface area contributed by atoms with Crippen molar-refractivity contribution < 1.29 is 0 Å². The van der Waals surface area contributed by atoms with Crippen LogP contribution in [0.4, 0.5) is 0 Å². The Kier molecular flexibility index (Phi) is 2.78. The lowest BCUT2D eigenvalue weighted by atomic mass is 10.1. The lowest BCUT2D eigenvalue weighted by Gasteiger charge is -2.03. The van der Waals surface area contributed by atoms with Crippen molar-refractivity contribution in [2.24, 2.45) is 5.73 Å². The molecule has 0 atom stereocenters. The van der Waals surface area contributed by atoms with Crippen molar-refractivity contribution >= 4 is 5.65 Å². The van der Waals surface area contributed by atoms with Gasteiger partial charge in [0.25, 0.3) is 0 Å². The van der Waals surface area contributed by atoms with E-state index in [9.17, 15) is 0 Å². The fraction of sp³-hybridized carbons (Fsp3) is 0.143. The number of aromatic nitrogens is 3. The summed E-state index contributed by atoms with van der Waals surface area (Å²) < 4.78 is 2.03. The zero-order valence-corrected chi connectivity index (χ0v) is 9.95. The van der Waals surface area contributed by atoms with Crippen molar-refractivity contribution in [3.05, 3.63) is 54.6 Å². The van der Waals surface area contributed by atoms with E-state index in [0.29, 0.717) is 6.54 Å². The van der Waals surface area contributed by atoms with Gasteiger partial charge in [0.2, 0.25) is 0 Å². The Hall–Kier alpha value is -2.20. The first-order valence-electron chi connectivity index (χ1n) is 5.95. The first kappa shape index (κ1) is 10.9. The van der Waals surface area contributed by atoms with Crippen LogP contribution in [0.25, 0.3) is 16.9 Å². The summed E-state index contributed by atoms with van der Waals surface area (Å²) >= 11 is 0. The molecule has 0 spiro atoms. The molecule has 4 heteroatoms. The van der Waals surface area contributed by atoms with Crippen LogP contribution < -0.4 is 5.73 Å². The monoisotopic (exact) mass is 238 g/mol. The van der Waals surface area contributed by atoms with E-state index in [0.717, 1.165) is 23.3 Å². The molecule has 18 heavy (non-hydrogen) atoms. The molecule has 2 heterocycles. The minimum Gasteiger partial charge on any atom is -0.330 e. The molecule has 2 N–H and O–H groups in total. The predicted octanol–water partition coefficient (Wildman–Crippen LogP) is 1.90. The van der Waals surface area contributed by atoms with Crippen LogP contribution in [0.2, 0.25) is 0 Å². The van der Waals surface area contributed by atoms with E-state index < -0.39 is 0 Å². The van der Waals surface area contributed by atoms with Gasteiger partial charge in [-0.05, 0) is 18.5 Å². The van der Waals surface area contributed by atoms with Crippen LogP contribution in [0, 0.1) is 0 Å². The number of nitrogens with two attached hydrogens (primary N) is 1. The van der Waals surface area contributed by atoms with E-state index in [1.807, 2.05) is 16.8 Å². The minimum atomic E-state index is 0.681. The molecular weight excluding hydrogens is 224 g/mol. The molecular formula is C14H14N4. The molecule has 0 radical (unpaired) electrons. The predicted molar refractivity (Wildman–Crippen MR) is 71.2 cm³/mol. The molecule has 3 aromatic rings. The van der Waals surface area contributed by atoms with Crippen LogP contribution in [0.15, 0.2) is 49.1 Å². The van der Waals surface area contributed by atoms with Gasteiger partial charge in [0.15, 0.2) is 5.65 Å². The summed E-state index contributed by atoms with van der Waals surface area (Å²) in [6, 6.07) is 8.44. The van der Waals surface area contributed by atoms with Gasteiger partial charge in [-0.3, -0.25) is 9.38 Å². The van der Waals surface area contributed by atoms with E-state index in [1.165, 1.54) is 5.56 Å². The van der Waals surface area contributed by atoms with Gasteiger partial charge in [-0.1, -0.05) is 24.3 Å². The molecule has 3 rings (SSSR count). The highest BCUT2D eigenvalue weighted by Gasteiger charge is 2.05. The molecule has 0 fully saturated rings. The Bertz CT molecular complexity index is 655. The zero-order chi connectivity index (χ0) is 12.4. The van der Waals surface area contributed by atoms with E-state index in [4.69, 9.17) is 5.73 Å². The third-order valence-corrected chi connectivity index (χ3v) is 3.00. The van der Waals surface area contributed by atoms with Gasteiger partial charge in [0, 0.05) is 18.0 Å². The van der Waals surface area contributed by atoms with Crippen molar-refractivity contribution in [1.29, 1.82) is 0 Å². The zero-order valence-electron chi connectivity index (χ0n) is 9.95. The number of fused-ring (bicyclic) bond motifs is 1. The number of benzene rings is 1. The first-order chi connectivity index (χ1) is 8.88. The third-order valence-electron chi connectivity index (χ3n) is 3.00. The van der Waals surface area contributed by atoms with Crippen LogP contribution in [0.1, 0.15) is 5.56 Å². The molecule has 0 amide bonds. The van der Waals surface area contributed by atoms with Gasteiger partial charge < -0.3 is 5.73 Å². The Morgan fingerprint density at radius 1 is 1.11 bits per heavy atom. The Balaban J connectivity index is 2.03. The topological polar surface area (TPSA) is 56.2 Å². The normalized spacial score (nSPS) is 10.9. The summed E-state index contributed by atoms with van der Waals surface area (Å²) in [6.45, 7) is 0.681. The molecule has 2 aromatic heterocycles. The van der Waals surface area contributed by atoms with Crippen molar-refractivity contribution in [3.8, 4) is 11.3 Å². The number of hydrogen-bond donors (Lipinski definition) is 1. The molecule has 0 bridgehead atoms. The molecule has 4 nitrogen and oxygen atoms in total. The SMILES string of the molecule is NCCc1ccc(-c2cnc3cnccn23)cc1. The lowest BCUT2D eigenvalue weighted by Crippen LogP contribution is -2.02. The van der Waals surface area contributed by atoms with Gasteiger partial charge in [0.05, 0.1) is 18.1 Å². The number of nitrogens with zero attached hydrogens (tertiary/aromatic N) is 3. The molecule has 0 aliphatic carbocycles. The summed E-state index contributed by atoms with van der Waals surface area (Å²) in [5, 5.41) is 0. The fourth-order valence-corrected chi connectivity index (χ4v) is 2.06. The molecule has 0 aliphatic rings. The number of imidazole rings is 1. The average molecular weight is 238 g/mol. The van der Waals surface area contributed by atoms with Crippen molar-refractivity contribution in [2.45, 2.75) is 6.42 Å².